The lowest BCUT2D eigenvalue weighted by atomic mass is 10.00. The summed E-state index contributed by atoms with van der Waals surface area (Å²) in [6.07, 6.45) is 3.00. The van der Waals surface area contributed by atoms with Gasteiger partial charge in [0.15, 0.2) is 0 Å². The number of pyridine rings is 1. The summed E-state index contributed by atoms with van der Waals surface area (Å²) in [5.41, 5.74) is 4.89. The van der Waals surface area contributed by atoms with E-state index in [2.05, 4.69) is 77.3 Å². The molecule has 1 heterocycles. The Labute approximate surface area is 136 Å². The first-order valence-electron chi connectivity index (χ1n) is 7.43. The molecule has 0 bridgehead atoms. The fourth-order valence-corrected chi connectivity index (χ4v) is 2.60. The average molecular weight is 347 g/mol. The highest BCUT2D eigenvalue weighted by Gasteiger charge is 2.07. The Hall–Kier alpha value is -1.35. The summed E-state index contributed by atoms with van der Waals surface area (Å²) in [4.78, 5) is 4.33. The van der Waals surface area contributed by atoms with E-state index >= 15 is 0 Å². The quantitative estimate of drug-likeness (QED) is 0.720. The van der Waals surface area contributed by atoms with Crippen LogP contribution < -0.4 is 5.32 Å². The second-order valence-electron chi connectivity index (χ2n) is 6.04. The third-order valence-electron chi connectivity index (χ3n) is 3.52. The van der Waals surface area contributed by atoms with Gasteiger partial charge in [0.1, 0.15) is 4.60 Å². The molecule has 1 unspecified atom stereocenters. The van der Waals surface area contributed by atoms with Gasteiger partial charge in [-0.15, -0.1) is 0 Å². The van der Waals surface area contributed by atoms with Crippen LogP contribution in [0, 0.1) is 12.8 Å². The van der Waals surface area contributed by atoms with Gasteiger partial charge in [-0.05, 0) is 64.9 Å². The van der Waals surface area contributed by atoms with Crippen molar-refractivity contribution in [3.63, 3.8) is 0 Å². The Morgan fingerprint density at radius 3 is 2.38 bits per heavy atom. The number of benzene rings is 1. The first-order valence-corrected chi connectivity index (χ1v) is 8.22. The maximum atomic E-state index is 4.33. The fourth-order valence-electron chi connectivity index (χ4n) is 2.38. The van der Waals surface area contributed by atoms with Crippen molar-refractivity contribution in [2.45, 2.75) is 40.2 Å². The van der Waals surface area contributed by atoms with Crippen molar-refractivity contribution in [1.29, 1.82) is 0 Å². The topological polar surface area (TPSA) is 24.9 Å². The predicted molar refractivity (Wildman–Crippen MR) is 93.7 cm³/mol. The molecule has 1 aromatic heterocycles. The predicted octanol–water partition coefficient (Wildman–Crippen LogP) is 5.52. The number of rotatable bonds is 5. The molecule has 0 amide bonds. The molecule has 1 aromatic carbocycles. The Morgan fingerprint density at radius 2 is 1.81 bits per heavy atom. The Kier molecular flexibility index (Phi) is 5.40. The number of anilines is 1. The van der Waals surface area contributed by atoms with Crippen LogP contribution in [-0.2, 0) is 6.42 Å². The van der Waals surface area contributed by atoms with E-state index in [1.165, 1.54) is 11.1 Å². The Morgan fingerprint density at radius 1 is 1.14 bits per heavy atom. The highest BCUT2D eigenvalue weighted by Crippen LogP contribution is 2.22. The van der Waals surface area contributed by atoms with Crippen LogP contribution in [0.25, 0.3) is 0 Å². The van der Waals surface area contributed by atoms with Crippen molar-refractivity contribution in [2.75, 3.05) is 5.32 Å². The summed E-state index contributed by atoms with van der Waals surface area (Å²) in [7, 11) is 0. The van der Waals surface area contributed by atoms with Crippen LogP contribution >= 0.6 is 15.9 Å². The average Bonchev–Trinajstić information content (AvgIpc) is 2.43. The van der Waals surface area contributed by atoms with Gasteiger partial charge < -0.3 is 5.32 Å². The minimum Gasteiger partial charge on any atom is -0.377 e. The molecule has 3 heteroatoms. The molecule has 0 saturated heterocycles. The molecule has 0 fully saturated rings. The van der Waals surface area contributed by atoms with E-state index in [0.717, 1.165) is 22.3 Å². The van der Waals surface area contributed by atoms with Crippen LogP contribution in [0.15, 0.2) is 41.1 Å². The normalized spacial score (nSPS) is 12.5. The zero-order valence-electron chi connectivity index (χ0n) is 13.2. The van der Waals surface area contributed by atoms with E-state index < -0.39 is 0 Å². The van der Waals surface area contributed by atoms with Gasteiger partial charge in [0.25, 0.3) is 0 Å². The van der Waals surface area contributed by atoms with Crippen LogP contribution in [0.3, 0.4) is 0 Å². The molecule has 0 aliphatic rings. The molecule has 1 N–H and O–H groups in total. The van der Waals surface area contributed by atoms with Gasteiger partial charge in [-0.1, -0.05) is 38.1 Å². The number of halogens is 1. The van der Waals surface area contributed by atoms with E-state index in [-0.39, 0.29) is 6.04 Å². The lowest BCUT2D eigenvalue weighted by molar-refractivity contribution is 0.647. The van der Waals surface area contributed by atoms with E-state index in [9.17, 15) is 0 Å². The van der Waals surface area contributed by atoms with E-state index in [4.69, 9.17) is 0 Å². The Bertz CT molecular complexity index is 591. The van der Waals surface area contributed by atoms with Crippen LogP contribution in [0.2, 0.25) is 0 Å². The van der Waals surface area contributed by atoms with Gasteiger partial charge in [0, 0.05) is 6.04 Å². The summed E-state index contributed by atoms with van der Waals surface area (Å²) in [5.74, 6) is 0.697. The maximum absolute atomic E-state index is 4.33. The molecule has 0 aliphatic carbocycles. The molecular formula is C18H23BrN2. The zero-order chi connectivity index (χ0) is 15.4. The molecule has 2 aromatic rings. The van der Waals surface area contributed by atoms with Crippen molar-refractivity contribution < 1.29 is 0 Å². The number of hydrogen-bond acceptors (Lipinski definition) is 2. The van der Waals surface area contributed by atoms with Crippen molar-refractivity contribution in [3.05, 3.63) is 57.8 Å². The van der Waals surface area contributed by atoms with Crippen molar-refractivity contribution >= 4 is 21.6 Å². The second kappa shape index (κ2) is 7.08. The molecule has 2 nitrogen and oxygen atoms in total. The van der Waals surface area contributed by atoms with E-state index in [0.29, 0.717) is 5.92 Å². The number of nitrogens with zero attached hydrogens (tertiary/aromatic N) is 1. The summed E-state index contributed by atoms with van der Waals surface area (Å²) in [5, 5.41) is 3.50. The maximum Gasteiger partial charge on any atom is 0.109 e. The van der Waals surface area contributed by atoms with Gasteiger partial charge >= 0.3 is 0 Å². The van der Waals surface area contributed by atoms with Crippen molar-refractivity contribution in [2.24, 2.45) is 5.92 Å². The number of hydrogen-bond donors (Lipinski definition) is 1. The standard InChI is InChI=1S/C18H23BrN2/c1-12(2)9-15-5-7-16(8-6-15)14(4)21-17-10-13(3)18(19)20-11-17/h5-8,10-12,14,21H,9H2,1-4H3. The van der Waals surface area contributed by atoms with Gasteiger partial charge in [-0.25, -0.2) is 4.98 Å². The minimum atomic E-state index is 0.264. The molecule has 0 radical (unpaired) electrons. The van der Waals surface area contributed by atoms with E-state index in [1.54, 1.807) is 0 Å². The minimum absolute atomic E-state index is 0.264. The SMILES string of the molecule is Cc1cc(NC(C)c2ccc(CC(C)C)cc2)cnc1Br. The third kappa shape index (κ3) is 4.57. The monoisotopic (exact) mass is 346 g/mol. The summed E-state index contributed by atoms with van der Waals surface area (Å²) in [6.45, 7) is 8.73. The molecule has 21 heavy (non-hydrogen) atoms. The van der Waals surface area contributed by atoms with Crippen LogP contribution in [-0.4, -0.2) is 4.98 Å². The summed E-state index contributed by atoms with van der Waals surface area (Å²) >= 11 is 3.43. The largest absolute Gasteiger partial charge is 0.377 e. The van der Waals surface area contributed by atoms with Gasteiger partial charge in [-0.3, -0.25) is 0 Å². The zero-order valence-corrected chi connectivity index (χ0v) is 14.7. The van der Waals surface area contributed by atoms with Gasteiger partial charge in [0.2, 0.25) is 0 Å². The van der Waals surface area contributed by atoms with Crippen molar-refractivity contribution in [3.8, 4) is 0 Å². The summed E-state index contributed by atoms with van der Waals surface area (Å²) in [6, 6.07) is 11.3. The Balaban J connectivity index is 2.05. The van der Waals surface area contributed by atoms with Gasteiger partial charge in [-0.2, -0.15) is 0 Å². The fraction of sp³-hybridized carbons (Fsp3) is 0.389. The first kappa shape index (κ1) is 16.0. The molecule has 0 aliphatic heterocycles. The molecule has 2 rings (SSSR count). The number of nitrogens with one attached hydrogen (secondary N) is 1. The first-order chi connectivity index (χ1) is 9.95. The highest BCUT2D eigenvalue weighted by molar-refractivity contribution is 9.10. The van der Waals surface area contributed by atoms with Crippen molar-refractivity contribution in [1.82, 2.24) is 4.98 Å². The third-order valence-corrected chi connectivity index (χ3v) is 4.35. The molecule has 1 atom stereocenters. The lowest BCUT2D eigenvalue weighted by Crippen LogP contribution is -2.07. The second-order valence-corrected chi connectivity index (χ2v) is 6.79. The van der Waals surface area contributed by atoms with Crippen LogP contribution in [0.5, 0.6) is 0 Å². The highest BCUT2D eigenvalue weighted by atomic mass is 79.9. The van der Waals surface area contributed by atoms with Gasteiger partial charge in [0.05, 0.1) is 11.9 Å². The van der Waals surface area contributed by atoms with Crippen LogP contribution in [0.1, 0.15) is 43.5 Å². The summed E-state index contributed by atoms with van der Waals surface area (Å²) < 4.78 is 0.902. The molecule has 112 valence electrons. The molecule has 0 saturated carbocycles. The molecular weight excluding hydrogens is 324 g/mol. The van der Waals surface area contributed by atoms with Crippen LogP contribution in [0.4, 0.5) is 5.69 Å². The number of aromatic nitrogens is 1. The lowest BCUT2D eigenvalue weighted by Gasteiger charge is -2.17. The molecule has 0 spiro atoms. The van der Waals surface area contributed by atoms with E-state index in [1.807, 2.05) is 13.1 Å². The number of aryl methyl sites for hydroxylation is 1. The smallest absolute Gasteiger partial charge is 0.109 e.